The Labute approximate surface area is 128 Å². The molecule has 0 bridgehead atoms. The predicted molar refractivity (Wildman–Crippen MR) is 79.4 cm³/mol. The number of piperidine rings is 1. The van der Waals surface area contributed by atoms with E-state index in [1.54, 1.807) is 11.0 Å². The lowest BCUT2D eigenvalue weighted by atomic mass is 9.75. The van der Waals surface area contributed by atoms with Gasteiger partial charge in [0.05, 0.1) is 5.41 Å². The van der Waals surface area contributed by atoms with Gasteiger partial charge in [-0.1, -0.05) is 24.9 Å². The monoisotopic (exact) mass is 310 g/mol. The second kappa shape index (κ2) is 6.43. The summed E-state index contributed by atoms with van der Waals surface area (Å²) in [5.41, 5.74) is -0.185. The van der Waals surface area contributed by atoms with Crippen LogP contribution in [0.5, 0.6) is 0 Å². The highest BCUT2D eigenvalue weighted by atomic mass is 35.5. The van der Waals surface area contributed by atoms with Gasteiger partial charge >= 0.3 is 5.97 Å². The molecule has 21 heavy (non-hydrogen) atoms. The molecule has 6 heteroatoms. The summed E-state index contributed by atoms with van der Waals surface area (Å²) in [6, 6.07) is 3.16. The molecule has 0 radical (unpaired) electrons. The van der Waals surface area contributed by atoms with Crippen LogP contribution in [0.4, 0.5) is 0 Å². The minimum absolute atomic E-state index is 0.116. The van der Waals surface area contributed by atoms with E-state index in [9.17, 15) is 14.7 Å². The van der Waals surface area contributed by atoms with Gasteiger partial charge in [0.2, 0.25) is 0 Å². The van der Waals surface area contributed by atoms with Gasteiger partial charge in [-0.2, -0.15) is 0 Å². The van der Waals surface area contributed by atoms with Crippen molar-refractivity contribution in [3.8, 4) is 0 Å². The Balaban J connectivity index is 2.06. The second-order valence-corrected chi connectivity index (χ2v) is 5.88. The number of aliphatic carboxylic acids is 1. The Hall–Kier alpha value is -1.62. The molecule has 114 valence electrons. The number of pyridine rings is 1. The average molecular weight is 311 g/mol. The van der Waals surface area contributed by atoms with E-state index in [1.165, 1.54) is 12.3 Å². The van der Waals surface area contributed by atoms with E-state index >= 15 is 0 Å². The van der Waals surface area contributed by atoms with Crippen LogP contribution in [0.1, 0.15) is 43.0 Å². The fourth-order valence-corrected chi connectivity index (χ4v) is 3.08. The third kappa shape index (κ3) is 3.35. The first-order chi connectivity index (χ1) is 9.98. The zero-order valence-electron chi connectivity index (χ0n) is 12.0. The van der Waals surface area contributed by atoms with Crippen molar-refractivity contribution < 1.29 is 14.7 Å². The highest BCUT2D eigenvalue weighted by molar-refractivity contribution is 6.29. The zero-order valence-corrected chi connectivity index (χ0v) is 12.8. The molecule has 2 rings (SSSR count). The van der Waals surface area contributed by atoms with Gasteiger partial charge in [-0.25, -0.2) is 4.98 Å². The lowest BCUT2D eigenvalue weighted by Gasteiger charge is -2.38. The Morgan fingerprint density at radius 3 is 2.62 bits per heavy atom. The van der Waals surface area contributed by atoms with Crippen molar-refractivity contribution in [1.29, 1.82) is 0 Å². The normalized spacial score (nSPS) is 17.5. The highest BCUT2D eigenvalue weighted by Crippen LogP contribution is 2.36. The SMILES string of the molecule is CCCC1(C(=O)O)CCN(C(=O)c2ccnc(Cl)c2)CC1. The van der Waals surface area contributed by atoms with Gasteiger partial charge in [0.15, 0.2) is 0 Å². The summed E-state index contributed by atoms with van der Waals surface area (Å²) in [7, 11) is 0. The van der Waals surface area contributed by atoms with Crippen molar-refractivity contribution in [3.05, 3.63) is 29.0 Å². The summed E-state index contributed by atoms with van der Waals surface area (Å²) in [4.78, 5) is 29.5. The van der Waals surface area contributed by atoms with Crippen LogP contribution >= 0.6 is 11.6 Å². The molecular formula is C15H19ClN2O3. The van der Waals surface area contributed by atoms with Gasteiger partial charge in [0.1, 0.15) is 5.15 Å². The maximum absolute atomic E-state index is 12.4. The zero-order chi connectivity index (χ0) is 15.5. The average Bonchev–Trinajstić information content (AvgIpc) is 2.47. The van der Waals surface area contributed by atoms with Crippen LogP contribution in [0, 0.1) is 5.41 Å². The lowest BCUT2D eigenvalue weighted by molar-refractivity contribution is -0.152. The Morgan fingerprint density at radius 2 is 2.10 bits per heavy atom. The quantitative estimate of drug-likeness (QED) is 0.868. The van der Waals surface area contributed by atoms with E-state index in [-0.39, 0.29) is 11.1 Å². The van der Waals surface area contributed by atoms with Crippen LogP contribution < -0.4 is 0 Å². The van der Waals surface area contributed by atoms with Crippen LogP contribution in [-0.2, 0) is 4.79 Å². The van der Waals surface area contributed by atoms with Crippen molar-refractivity contribution in [2.75, 3.05) is 13.1 Å². The summed E-state index contributed by atoms with van der Waals surface area (Å²) in [6.45, 7) is 2.91. The number of carboxylic acids is 1. The van der Waals surface area contributed by atoms with E-state index in [4.69, 9.17) is 11.6 Å². The Bertz CT molecular complexity index is 539. The molecule has 0 saturated carbocycles. The first-order valence-corrected chi connectivity index (χ1v) is 7.50. The molecule has 1 aliphatic heterocycles. The number of hydrogen-bond acceptors (Lipinski definition) is 3. The maximum Gasteiger partial charge on any atom is 0.309 e. The van der Waals surface area contributed by atoms with Gasteiger partial charge in [-0.05, 0) is 31.4 Å². The molecular weight excluding hydrogens is 292 g/mol. The summed E-state index contributed by atoms with van der Waals surface area (Å²) >= 11 is 5.80. The summed E-state index contributed by atoms with van der Waals surface area (Å²) in [5, 5.41) is 9.75. The molecule has 5 nitrogen and oxygen atoms in total. The third-order valence-corrected chi connectivity index (χ3v) is 4.37. The van der Waals surface area contributed by atoms with Gasteiger partial charge in [0, 0.05) is 24.8 Å². The number of rotatable bonds is 4. The van der Waals surface area contributed by atoms with Gasteiger partial charge < -0.3 is 10.0 Å². The highest BCUT2D eigenvalue weighted by Gasteiger charge is 2.41. The van der Waals surface area contributed by atoms with Crippen LogP contribution in [-0.4, -0.2) is 40.0 Å². The number of halogens is 1. The summed E-state index contributed by atoms with van der Waals surface area (Å²) < 4.78 is 0. The van der Waals surface area contributed by atoms with Gasteiger partial charge in [-0.3, -0.25) is 9.59 Å². The fraction of sp³-hybridized carbons (Fsp3) is 0.533. The number of carbonyl (C=O) groups is 2. The van der Waals surface area contributed by atoms with Crippen LogP contribution in [0.25, 0.3) is 0 Å². The maximum atomic E-state index is 12.4. The molecule has 1 aliphatic rings. The van der Waals surface area contributed by atoms with E-state index in [1.807, 2.05) is 6.92 Å². The van der Waals surface area contributed by atoms with E-state index < -0.39 is 11.4 Å². The van der Waals surface area contributed by atoms with Crippen molar-refractivity contribution in [2.24, 2.45) is 5.41 Å². The number of carbonyl (C=O) groups excluding carboxylic acids is 1. The molecule has 0 spiro atoms. The number of aromatic nitrogens is 1. The lowest BCUT2D eigenvalue weighted by Crippen LogP contribution is -2.46. The van der Waals surface area contributed by atoms with Crippen molar-refractivity contribution in [2.45, 2.75) is 32.6 Å². The van der Waals surface area contributed by atoms with Crippen LogP contribution in [0.15, 0.2) is 18.3 Å². The number of nitrogens with zero attached hydrogens (tertiary/aromatic N) is 2. The molecule has 1 saturated heterocycles. The third-order valence-electron chi connectivity index (χ3n) is 4.16. The van der Waals surface area contributed by atoms with Crippen LogP contribution in [0.2, 0.25) is 5.15 Å². The second-order valence-electron chi connectivity index (χ2n) is 5.49. The number of likely N-dealkylation sites (tertiary alicyclic amines) is 1. The largest absolute Gasteiger partial charge is 0.481 e. The molecule has 1 amide bonds. The molecule has 0 unspecified atom stereocenters. The standard InChI is InChI=1S/C15H19ClN2O3/c1-2-4-15(14(20)21)5-8-18(9-6-15)13(19)11-3-7-17-12(16)10-11/h3,7,10H,2,4-6,8-9H2,1H3,(H,20,21). The minimum Gasteiger partial charge on any atom is -0.481 e. The smallest absolute Gasteiger partial charge is 0.309 e. The first kappa shape index (κ1) is 15.8. The van der Waals surface area contributed by atoms with Gasteiger partial charge in [0.25, 0.3) is 5.91 Å². The summed E-state index contributed by atoms with van der Waals surface area (Å²) in [5.74, 6) is -0.863. The van der Waals surface area contributed by atoms with Crippen molar-refractivity contribution in [3.63, 3.8) is 0 Å². The molecule has 1 N–H and O–H groups in total. The fourth-order valence-electron chi connectivity index (χ4n) is 2.91. The molecule has 1 aromatic heterocycles. The molecule has 1 aromatic rings. The summed E-state index contributed by atoms with van der Waals surface area (Å²) in [6.07, 6.45) is 3.99. The number of carboxylic acid groups (broad SMARTS) is 1. The minimum atomic E-state index is -0.747. The van der Waals surface area contributed by atoms with E-state index in [0.717, 1.165) is 6.42 Å². The van der Waals surface area contributed by atoms with E-state index in [2.05, 4.69) is 4.98 Å². The number of amides is 1. The topological polar surface area (TPSA) is 70.5 Å². The van der Waals surface area contributed by atoms with Crippen molar-refractivity contribution in [1.82, 2.24) is 9.88 Å². The predicted octanol–water partition coefficient (Wildman–Crippen LogP) is 2.84. The number of hydrogen-bond donors (Lipinski definition) is 1. The Kier molecular flexibility index (Phi) is 4.83. The van der Waals surface area contributed by atoms with Crippen molar-refractivity contribution >= 4 is 23.5 Å². The van der Waals surface area contributed by atoms with Gasteiger partial charge in [-0.15, -0.1) is 0 Å². The molecule has 2 heterocycles. The Morgan fingerprint density at radius 1 is 1.43 bits per heavy atom. The molecule has 0 aliphatic carbocycles. The molecule has 0 aromatic carbocycles. The molecule has 0 atom stereocenters. The van der Waals surface area contributed by atoms with Crippen LogP contribution in [0.3, 0.4) is 0 Å². The molecule has 1 fully saturated rings. The van der Waals surface area contributed by atoms with E-state index in [0.29, 0.717) is 37.9 Å². The first-order valence-electron chi connectivity index (χ1n) is 7.13.